The minimum absolute atomic E-state index is 0.206. The molecule has 0 bridgehead atoms. The molecule has 6 heteroatoms. The lowest BCUT2D eigenvalue weighted by Gasteiger charge is -2.17. The van der Waals surface area contributed by atoms with Gasteiger partial charge in [-0.15, -0.1) is 0 Å². The summed E-state index contributed by atoms with van der Waals surface area (Å²) in [6, 6.07) is 7.80. The summed E-state index contributed by atoms with van der Waals surface area (Å²) in [5.74, 6) is 2.20. The third-order valence-electron chi connectivity index (χ3n) is 4.34. The van der Waals surface area contributed by atoms with Gasteiger partial charge in [0.1, 0.15) is 11.5 Å². The second-order valence-corrected chi connectivity index (χ2v) is 7.22. The standard InChI is InChI=1S/C19H23N3O2S/c1-11(2)13-8-15(12(3)4)17(23)16(9-13)18-20-21-19(25)22(18)10-14-6-5-7-24-14/h5-9,11-12,23H,10H2,1-4H3,(H,21,25). The van der Waals surface area contributed by atoms with Crippen molar-refractivity contribution in [1.82, 2.24) is 14.8 Å². The summed E-state index contributed by atoms with van der Waals surface area (Å²) < 4.78 is 7.77. The van der Waals surface area contributed by atoms with E-state index in [1.807, 2.05) is 22.8 Å². The second-order valence-electron chi connectivity index (χ2n) is 6.83. The van der Waals surface area contributed by atoms with Gasteiger partial charge in [0.2, 0.25) is 0 Å². The van der Waals surface area contributed by atoms with E-state index >= 15 is 0 Å². The molecule has 0 saturated heterocycles. The van der Waals surface area contributed by atoms with Crippen LogP contribution in [0.2, 0.25) is 0 Å². The Labute approximate surface area is 152 Å². The summed E-state index contributed by atoms with van der Waals surface area (Å²) in [7, 11) is 0. The van der Waals surface area contributed by atoms with Gasteiger partial charge in [-0.25, -0.2) is 0 Å². The van der Waals surface area contributed by atoms with Crippen LogP contribution in [0.25, 0.3) is 11.4 Å². The molecule has 1 aromatic carbocycles. The number of aromatic amines is 1. The van der Waals surface area contributed by atoms with Crippen LogP contribution in [0.1, 0.15) is 56.4 Å². The minimum atomic E-state index is 0.206. The van der Waals surface area contributed by atoms with Gasteiger partial charge in [-0.2, -0.15) is 5.10 Å². The maximum atomic E-state index is 10.9. The fourth-order valence-electron chi connectivity index (χ4n) is 2.85. The molecular formula is C19H23N3O2S. The van der Waals surface area contributed by atoms with Crippen LogP contribution in [0, 0.1) is 4.77 Å². The van der Waals surface area contributed by atoms with Crippen LogP contribution >= 0.6 is 12.2 Å². The number of phenolic OH excluding ortho intramolecular Hbond substituents is 1. The van der Waals surface area contributed by atoms with Crippen LogP contribution in [-0.4, -0.2) is 19.9 Å². The highest BCUT2D eigenvalue weighted by Crippen LogP contribution is 2.38. The highest BCUT2D eigenvalue weighted by atomic mass is 32.1. The predicted molar refractivity (Wildman–Crippen MR) is 101 cm³/mol. The normalized spacial score (nSPS) is 11.6. The molecule has 2 N–H and O–H groups in total. The van der Waals surface area contributed by atoms with E-state index in [0.717, 1.165) is 16.9 Å². The average Bonchev–Trinajstić information content (AvgIpc) is 3.19. The van der Waals surface area contributed by atoms with Crippen LogP contribution in [0.15, 0.2) is 34.9 Å². The van der Waals surface area contributed by atoms with Gasteiger partial charge in [0.15, 0.2) is 10.6 Å². The first kappa shape index (κ1) is 17.5. The summed E-state index contributed by atoms with van der Waals surface area (Å²) in [6.45, 7) is 8.88. The van der Waals surface area contributed by atoms with Crippen LogP contribution in [-0.2, 0) is 6.54 Å². The van der Waals surface area contributed by atoms with Crippen molar-refractivity contribution in [3.8, 4) is 17.1 Å². The molecule has 0 radical (unpaired) electrons. The average molecular weight is 357 g/mol. The minimum Gasteiger partial charge on any atom is -0.507 e. The van der Waals surface area contributed by atoms with E-state index in [4.69, 9.17) is 16.6 Å². The van der Waals surface area contributed by atoms with Gasteiger partial charge in [-0.3, -0.25) is 9.67 Å². The predicted octanol–water partition coefficient (Wildman–Crippen LogP) is 5.20. The molecule has 0 aliphatic carbocycles. The molecule has 0 saturated carbocycles. The Hall–Kier alpha value is -2.34. The van der Waals surface area contributed by atoms with Gasteiger partial charge >= 0.3 is 0 Å². The molecule has 3 rings (SSSR count). The Morgan fingerprint density at radius 3 is 2.60 bits per heavy atom. The van der Waals surface area contributed by atoms with Crippen molar-refractivity contribution >= 4 is 12.2 Å². The number of phenols is 1. The number of rotatable bonds is 5. The summed E-state index contributed by atoms with van der Waals surface area (Å²) in [5, 5.41) is 18.1. The maximum absolute atomic E-state index is 10.9. The number of hydrogen-bond donors (Lipinski definition) is 2. The lowest BCUT2D eigenvalue weighted by Crippen LogP contribution is -2.04. The zero-order valence-electron chi connectivity index (χ0n) is 14.9. The van der Waals surface area contributed by atoms with Crippen LogP contribution in [0.3, 0.4) is 0 Å². The lowest BCUT2D eigenvalue weighted by atomic mass is 9.91. The van der Waals surface area contributed by atoms with Gasteiger partial charge in [0.25, 0.3) is 0 Å². The smallest absolute Gasteiger partial charge is 0.195 e. The largest absolute Gasteiger partial charge is 0.507 e. The van der Waals surface area contributed by atoms with E-state index < -0.39 is 0 Å². The van der Waals surface area contributed by atoms with Gasteiger partial charge in [0, 0.05) is 0 Å². The second kappa shape index (κ2) is 6.88. The Morgan fingerprint density at radius 1 is 1.24 bits per heavy atom. The monoisotopic (exact) mass is 357 g/mol. The first-order valence-corrected chi connectivity index (χ1v) is 8.84. The van der Waals surface area contributed by atoms with Crippen LogP contribution < -0.4 is 0 Å². The highest BCUT2D eigenvalue weighted by Gasteiger charge is 2.20. The fraction of sp³-hybridized carbons (Fsp3) is 0.368. The molecule has 2 aromatic heterocycles. The number of nitrogens with one attached hydrogen (secondary N) is 1. The summed E-state index contributed by atoms with van der Waals surface area (Å²) >= 11 is 5.38. The van der Waals surface area contributed by atoms with E-state index in [1.165, 1.54) is 0 Å². The molecule has 5 nitrogen and oxygen atoms in total. The van der Waals surface area contributed by atoms with Gasteiger partial charge in [-0.1, -0.05) is 33.8 Å². The number of aromatic nitrogens is 3. The molecule has 0 aliphatic rings. The van der Waals surface area contributed by atoms with Crippen molar-refractivity contribution in [1.29, 1.82) is 0 Å². The molecule has 25 heavy (non-hydrogen) atoms. The number of aromatic hydroxyl groups is 1. The molecule has 0 fully saturated rings. The third kappa shape index (κ3) is 3.39. The molecule has 0 amide bonds. The molecule has 0 spiro atoms. The SMILES string of the molecule is CC(C)c1cc(-c2n[nH]c(=S)n2Cc2ccco2)c(O)c(C(C)C)c1. The molecular weight excluding hydrogens is 334 g/mol. The Bertz CT molecular complexity index is 921. The number of furan rings is 1. The van der Waals surface area contributed by atoms with Crippen molar-refractivity contribution in [2.75, 3.05) is 0 Å². The molecule has 0 unspecified atom stereocenters. The Kier molecular flexibility index (Phi) is 4.81. The van der Waals surface area contributed by atoms with Crippen molar-refractivity contribution in [2.24, 2.45) is 0 Å². The topological polar surface area (TPSA) is 67.0 Å². The third-order valence-corrected chi connectivity index (χ3v) is 4.66. The van der Waals surface area contributed by atoms with Crippen molar-refractivity contribution in [3.63, 3.8) is 0 Å². The zero-order valence-corrected chi connectivity index (χ0v) is 15.7. The number of nitrogens with zero attached hydrogens (tertiary/aromatic N) is 2. The van der Waals surface area contributed by atoms with Gasteiger partial charge < -0.3 is 9.52 Å². The summed E-state index contributed by atoms with van der Waals surface area (Å²) in [6.07, 6.45) is 1.63. The lowest BCUT2D eigenvalue weighted by molar-refractivity contribution is 0.464. The van der Waals surface area contributed by atoms with E-state index in [1.54, 1.807) is 6.26 Å². The van der Waals surface area contributed by atoms with E-state index in [2.05, 4.69) is 44.0 Å². The maximum Gasteiger partial charge on any atom is 0.195 e. The van der Waals surface area contributed by atoms with Crippen molar-refractivity contribution < 1.29 is 9.52 Å². The molecule has 132 valence electrons. The molecule has 2 heterocycles. The van der Waals surface area contributed by atoms with Gasteiger partial charge in [0.05, 0.1) is 18.4 Å². The number of benzene rings is 1. The first-order chi connectivity index (χ1) is 11.9. The number of hydrogen-bond acceptors (Lipinski definition) is 4. The quantitative estimate of drug-likeness (QED) is 0.616. The summed E-state index contributed by atoms with van der Waals surface area (Å²) in [5.41, 5.74) is 2.77. The van der Waals surface area contributed by atoms with Crippen molar-refractivity contribution in [2.45, 2.75) is 46.1 Å². The van der Waals surface area contributed by atoms with E-state index in [9.17, 15) is 5.11 Å². The van der Waals surface area contributed by atoms with E-state index in [0.29, 0.717) is 28.6 Å². The number of H-pyrrole nitrogens is 1. The van der Waals surface area contributed by atoms with Crippen LogP contribution in [0.5, 0.6) is 5.75 Å². The zero-order chi connectivity index (χ0) is 18.1. The van der Waals surface area contributed by atoms with E-state index in [-0.39, 0.29) is 11.7 Å². The first-order valence-electron chi connectivity index (χ1n) is 8.43. The van der Waals surface area contributed by atoms with Gasteiger partial charge in [-0.05, 0) is 53.4 Å². The molecule has 0 aliphatic heterocycles. The highest BCUT2D eigenvalue weighted by molar-refractivity contribution is 7.71. The Balaban J connectivity index is 2.18. The fourth-order valence-corrected chi connectivity index (χ4v) is 3.05. The Morgan fingerprint density at radius 2 is 2.00 bits per heavy atom. The summed E-state index contributed by atoms with van der Waals surface area (Å²) in [4.78, 5) is 0. The molecule has 3 aromatic rings. The van der Waals surface area contributed by atoms with Crippen LogP contribution in [0.4, 0.5) is 0 Å². The van der Waals surface area contributed by atoms with Crippen molar-refractivity contribution in [3.05, 3.63) is 52.2 Å². The molecule has 0 atom stereocenters.